The Balaban J connectivity index is 4.43. The van der Waals surface area contributed by atoms with Gasteiger partial charge in [-0.25, -0.2) is 0 Å². The zero-order chi connectivity index (χ0) is 56.4. The Morgan fingerprint density at radius 1 is 0.269 bits per heavy atom. The number of rotatable bonds is 61. The van der Waals surface area contributed by atoms with Crippen molar-refractivity contribution in [2.24, 2.45) is 0 Å². The normalized spacial score (nSPS) is 12.6. The number of hydrogen-bond donors (Lipinski definition) is 0. The Kier molecular flexibility index (Phi) is 63.2. The van der Waals surface area contributed by atoms with Gasteiger partial charge < -0.3 is 14.2 Å². The van der Waals surface area contributed by atoms with Crippen molar-refractivity contribution in [3.05, 3.63) is 85.1 Å². The molecule has 0 aromatic rings. The third-order valence-corrected chi connectivity index (χ3v) is 14.7. The fourth-order valence-electron chi connectivity index (χ4n) is 9.67. The van der Waals surface area contributed by atoms with Crippen LogP contribution in [-0.2, 0) is 28.6 Å². The summed E-state index contributed by atoms with van der Waals surface area (Å²) in [6, 6.07) is 0. The highest BCUT2D eigenvalue weighted by molar-refractivity contribution is 5.71. The highest BCUT2D eigenvalue weighted by Crippen LogP contribution is 2.18. The van der Waals surface area contributed by atoms with Gasteiger partial charge in [-0.3, -0.25) is 14.4 Å². The summed E-state index contributed by atoms with van der Waals surface area (Å²) in [4.78, 5) is 38.4. The van der Waals surface area contributed by atoms with Crippen LogP contribution in [0.3, 0.4) is 0 Å². The minimum Gasteiger partial charge on any atom is -0.462 e. The van der Waals surface area contributed by atoms with Crippen LogP contribution < -0.4 is 0 Å². The molecule has 0 saturated heterocycles. The second kappa shape index (κ2) is 66.1. The predicted octanol–water partition coefficient (Wildman–Crippen LogP) is 23.1. The number of carbonyl (C=O) groups is 3. The maximum absolute atomic E-state index is 12.9. The number of esters is 3. The summed E-state index contributed by atoms with van der Waals surface area (Å²) in [5.41, 5.74) is 0. The molecule has 0 fully saturated rings. The van der Waals surface area contributed by atoms with Gasteiger partial charge in [-0.05, 0) is 70.6 Å². The second-order valence-corrected chi connectivity index (χ2v) is 22.4. The Morgan fingerprint density at radius 2 is 0.500 bits per heavy atom. The van der Waals surface area contributed by atoms with E-state index in [1.807, 2.05) is 0 Å². The molecule has 6 heteroatoms. The van der Waals surface area contributed by atoms with Crippen molar-refractivity contribution < 1.29 is 28.6 Å². The molecule has 0 heterocycles. The maximum Gasteiger partial charge on any atom is 0.306 e. The molecular weight excluding hydrogens is 961 g/mol. The molecule has 0 aromatic heterocycles. The number of allylic oxidation sites excluding steroid dienone is 14. The first kappa shape index (κ1) is 74.6. The average Bonchev–Trinajstić information content (AvgIpc) is 3.44. The van der Waals surface area contributed by atoms with Gasteiger partial charge in [0.05, 0.1) is 0 Å². The molecule has 0 N–H and O–H groups in total. The Labute approximate surface area is 484 Å². The van der Waals surface area contributed by atoms with Gasteiger partial charge in [0.1, 0.15) is 13.2 Å². The van der Waals surface area contributed by atoms with Crippen LogP contribution in [0.15, 0.2) is 85.1 Å². The van der Waals surface area contributed by atoms with E-state index in [4.69, 9.17) is 14.2 Å². The van der Waals surface area contributed by atoms with Crippen LogP contribution in [0.1, 0.15) is 335 Å². The van der Waals surface area contributed by atoms with Crippen molar-refractivity contribution in [3.8, 4) is 0 Å². The van der Waals surface area contributed by atoms with Gasteiger partial charge in [-0.1, -0.05) is 331 Å². The molecule has 0 rings (SSSR count). The molecule has 0 aromatic carbocycles. The topological polar surface area (TPSA) is 78.9 Å². The lowest BCUT2D eigenvalue weighted by Gasteiger charge is -2.18. The molecular formula is C72H126O6. The monoisotopic (exact) mass is 1090 g/mol. The SMILES string of the molecule is CC/C=C\C/C=C\C/C=C\C/C=C\C/C=C\C/C=C\C/C=C\CCCC(=O)OCC(COC(=O)CCCCCCCCCCCCCCCCCC)OC(=O)CCCCCCCCCCCCCCCCCCCCCCC. The third-order valence-electron chi connectivity index (χ3n) is 14.7. The summed E-state index contributed by atoms with van der Waals surface area (Å²) in [6.45, 7) is 6.53. The summed E-state index contributed by atoms with van der Waals surface area (Å²) in [5.74, 6) is -0.933. The van der Waals surface area contributed by atoms with Crippen LogP contribution in [0.25, 0.3) is 0 Å². The molecule has 0 aliphatic heterocycles. The van der Waals surface area contributed by atoms with E-state index in [0.717, 1.165) is 89.9 Å². The van der Waals surface area contributed by atoms with Gasteiger partial charge in [0, 0.05) is 19.3 Å². The first-order valence-corrected chi connectivity index (χ1v) is 33.6. The van der Waals surface area contributed by atoms with Crippen LogP contribution >= 0.6 is 0 Å². The first-order valence-electron chi connectivity index (χ1n) is 33.6. The van der Waals surface area contributed by atoms with Crippen molar-refractivity contribution in [3.63, 3.8) is 0 Å². The molecule has 0 bridgehead atoms. The largest absolute Gasteiger partial charge is 0.462 e. The molecule has 450 valence electrons. The van der Waals surface area contributed by atoms with E-state index in [-0.39, 0.29) is 37.5 Å². The number of ether oxygens (including phenoxy) is 3. The minimum absolute atomic E-state index is 0.0899. The van der Waals surface area contributed by atoms with Gasteiger partial charge in [0.15, 0.2) is 6.10 Å². The number of unbranched alkanes of at least 4 members (excludes halogenated alkanes) is 36. The highest BCUT2D eigenvalue weighted by atomic mass is 16.6. The highest BCUT2D eigenvalue weighted by Gasteiger charge is 2.19. The summed E-state index contributed by atoms with van der Waals surface area (Å²) in [6.07, 6.45) is 87.4. The Bertz CT molecular complexity index is 1480. The van der Waals surface area contributed by atoms with Crippen molar-refractivity contribution in [2.45, 2.75) is 341 Å². The summed E-state index contributed by atoms with van der Waals surface area (Å²) >= 11 is 0. The predicted molar refractivity (Wildman–Crippen MR) is 339 cm³/mol. The van der Waals surface area contributed by atoms with Gasteiger partial charge >= 0.3 is 17.9 Å². The fraction of sp³-hybridized carbons (Fsp3) is 0.764. The van der Waals surface area contributed by atoms with Gasteiger partial charge in [-0.15, -0.1) is 0 Å². The van der Waals surface area contributed by atoms with Gasteiger partial charge in [0.25, 0.3) is 0 Å². The summed E-state index contributed by atoms with van der Waals surface area (Å²) < 4.78 is 16.9. The molecule has 0 aliphatic rings. The van der Waals surface area contributed by atoms with Crippen LogP contribution in [0.2, 0.25) is 0 Å². The molecule has 78 heavy (non-hydrogen) atoms. The van der Waals surface area contributed by atoms with E-state index in [1.54, 1.807) is 0 Å². The standard InChI is InChI=1S/C72H126O6/c1-4-7-10-13-16-19-22-25-28-31-33-35-36-38-39-41-44-47-50-53-56-59-62-65-71(74)77-68-69(67-76-70(73)64-61-58-55-52-49-46-43-30-27-24-21-18-15-12-9-6-3)78-72(75)66-63-60-57-54-51-48-45-42-40-37-34-32-29-26-23-20-17-14-11-8-5-2/h7,10,16,19,25,28,33,35,38-39,44,47,53,56,69H,4-6,8-9,11-15,17-18,20-24,26-27,29-32,34,36-37,40-43,45-46,48-52,54-55,57-68H2,1-3H3/b10-7-,19-16-,28-25-,35-33-,39-38-,47-44-,56-53-. The van der Waals surface area contributed by atoms with Crippen LogP contribution in [0, 0.1) is 0 Å². The van der Waals surface area contributed by atoms with Crippen LogP contribution in [-0.4, -0.2) is 37.2 Å². The third kappa shape index (κ3) is 63.4. The molecule has 6 nitrogen and oxygen atoms in total. The smallest absolute Gasteiger partial charge is 0.306 e. The van der Waals surface area contributed by atoms with Crippen LogP contribution in [0.4, 0.5) is 0 Å². The molecule has 0 radical (unpaired) electrons. The lowest BCUT2D eigenvalue weighted by molar-refractivity contribution is -0.167. The first-order chi connectivity index (χ1) is 38.5. The van der Waals surface area contributed by atoms with Gasteiger partial charge in [0.2, 0.25) is 0 Å². The van der Waals surface area contributed by atoms with Gasteiger partial charge in [-0.2, -0.15) is 0 Å². The average molecular weight is 1090 g/mol. The molecule has 0 amide bonds. The summed E-state index contributed by atoms with van der Waals surface area (Å²) in [5, 5.41) is 0. The quantitative estimate of drug-likeness (QED) is 0.0261. The van der Waals surface area contributed by atoms with E-state index >= 15 is 0 Å². The fourth-order valence-corrected chi connectivity index (χ4v) is 9.67. The molecule has 0 spiro atoms. The van der Waals surface area contributed by atoms with Crippen molar-refractivity contribution in [1.82, 2.24) is 0 Å². The Morgan fingerprint density at radius 3 is 0.782 bits per heavy atom. The van der Waals surface area contributed by atoms with E-state index in [1.165, 1.54) is 199 Å². The minimum atomic E-state index is -0.799. The van der Waals surface area contributed by atoms with E-state index < -0.39 is 6.10 Å². The van der Waals surface area contributed by atoms with Crippen molar-refractivity contribution in [1.29, 1.82) is 0 Å². The maximum atomic E-state index is 12.9. The molecule has 1 unspecified atom stereocenters. The second-order valence-electron chi connectivity index (χ2n) is 22.4. The van der Waals surface area contributed by atoms with E-state index in [2.05, 4.69) is 106 Å². The zero-order valence-corrected chi connectivity index (χ0v) is 51.7. The van der Waals surface area contributed by atoms with E-state index in [9.17, 15) is 14.4 Å². The van der Waals surface area contributed by atoms with Crippen molar-refractivity contribution >= 4 is 17.9 Å². The zero-order valence-electron chi connectivity index (χ0n) is 51.7. The molecule has 0 aliphatic carbocycles. The molecule has 1 atom stereocenters. The number of hydrogen-bond acceptors (Lipinski definition) is 6. The van der Waals surface area contributed by atoms with E-state index in [0.29, 0.717) is 19.3 Å². The lowest BCUT2D eigenvalue weighted by Crippen LogP contribution is -2.30. The van der Waals surface area contributed by atoms with Crippen LogP contribution in [0.5, 0.6) is 0 Å². The summed E-state index contributed by atoms with van der Waals surface area (Å²) in [7, 11) is 0. The number of carbonyl (C=O) groups excluding carboxylic acids is 3. The van der Waals surface area contributed by atoms with Crippen molar-refractivity contribution in [2.75, 3.05) is 13.2 Å². The lowest BCUT2D eigenvalue weighted by atomic mass is 10.0. The molecule has 0 saturated carbocycles. The Hall–Kier alpha value is -3.41.